The van der Waals surface area contributed by atoms with Crippen LogP contribution in [0.5, 0.6) is 0 Å². The van der Waals surface area contributed by atoms with Crippen LogP contribution in [0.25, 0.3) is 0 Å². The molecular weight excluding hydrogens is 232 g/mol. The van der Waals surface area contributed by atoms with Crippen LogP contribution in [0.3, 0.4) is 0 Å². The van der Waals surface area contributed by atoms with Gasteiger partial charge in [-0.1, -0.05) is 0 Å². The summed E-state index contributed by atoms with van der Waals surface area (Å²) in [4.78, 5) is 24.1. The lowest BCUT2D eigenvalue weighted by atomic mass is 10.2. The van der Waals surface area contributed by atoms with E-state index in [4.69, 9.17) is 10.5 Å². The van der Waals surface area contributed by atoms with Crippen molar-refractivity contribution in [2.45, 2.75) is 0 Å². The van der Waals surface area contributed by atoms with Crippen molar-refractivity contribution in [2.24, 2.45) is 0 Å². The molecule has 0 spiro atoms. The highest BCUT2D eigenvalue weighted by Gasteiger charge is 2.19. The Labute approximate surface area is 104 Å². The molecule has 6 heteroatoms. The Bertz CT molecular complexity index is 537. The van der Waals surface area contributed by atoms with Crippen LogP contribution in [0.1, 0.15) is 5.56 Å². The summed E-state index contributed by atoms with van der Waals surface area (Å²) in [7, 11) is 1.44. The zero-order valence-corrected chi connectivity index (χ0v) is 9.67. The summed E-state index contributed by atoms with van der Waals surface area (Å²) in [5.41, 5.74) is 0.958. The summed E-state index contributed by atoms with van der Waals surface area (Å²) >= 11 is 0. The number of anilines is 1. The molecule has 90 valence electrons. The molecule has 2 amide bonds. The number of nitrogens with one attached hydrogen (secondary N) is 1. The second-order valence-corrected chi connectivity index (χ2v) is 3.36. The normalized spacial score (nSPS) is 8.83. The molecule has 0 atom stereocenters. The third kappa shape index (κ3) is 3.06. The van der Waals surface area contributed by atoms with Gasteiger partial charge in [-0.25, -0.2) is 0 Å². The Morgan fingerprint density at radius 3 is 2.39 bits per heavy atom. The Morgan fingerprint density at radius 1 is 1.28 bits per heavy atom. The SMILES string of the molecule is CN(C(=O)C(=O)NCC#N)c1ccc(C#N)cc1. The van der Waals surface area contributed by atoms with Gasteiger partial charge in [0, 0.05) is 12.7 Å². The fraction of sp³-hybridized carbons (Fsp3) is 0.167. The van der Waals surface area contributed by atoms with Crippen LogP contribution in [-0.2, 0) is 9.59 Å². The van der Waals surface area contributed by atoms with Gasteiger partial charge in [0.05, 0.1) is 17.7 Å². The fourth-order valence-electron chi connectivity index (χ4n) is 1.22. The maximum atomic E-state index is 11.6. The highest BCUT2D eigenvalue weighted by Crippen LogP contribution is 2.13. The van der Waals surface area contributed by atoms with Crippen molar-refractivity contribution in [2.75, 3.05) is 18.5 Å². The van der Waals surface area contributed by atoms with E-state index < -0.39 is 11.8 Å². The van der Waals surface area contributed by atoms with Crippen molar-refractivity contribution in [3.05, 3.63) is 29.8 Å². The first-order valence-corrected chi connectivity index (χ1v) is 5.03. The molecule has 0 heterocycles. The number of amides is 2. The quantitative estimate of drug-likeness (QED) is 0.590. The third-order valence-corrected chi connectivity index (χ3v) is 2.21. The third-order valence-electron chi connectivity index (χ3n) is 2.21. The predicted molar refractivity (Wildman–Crippen MR) is 63.2 cm³/mol. The second kappa shape index (κ2) is 6.02. The molecule has 1 N–H and O–H groups in total. The minimum absolute atomic E-state index is 0.216. The van der Waals surface area contributed by atoms with Gasteiger partial charge in [0.25, 0.3) is 0 Å². The molecule has 18 heavy (non-hydrogen) atoms. The summed E-state index contributed by atoms with van der Waals surface area (Å²) in [6.45, 7) is -0.216. The number of hydrogen-bond donors (Lipinski definition) is 1. The van der Waals surface area contributed by atoms with E-state index in [0.717, 1.165) is 4.90 Å². The first-order chi connectivity index (χ1) is 8.60. The lowest BCUT2D eigenvalue weighted by Crippen LogP contribution is -2.41. The van der Waals surface area contributed by atoms with E-state index in [9.17, 15) is 9.59 Å². The van der Waals surface area contributed by atoms with Crippen molar-refractivity contribution >= 4 is 17.5 Å². The van der Waals surface area contributed by atoms with Crippen LogP contribution in [0.4, 0.5) is 5.69 Å². The number of nitrogens with zero attached hydrogens (tertiary/aromatic N) is 3. The number of benzene rings is 1. The molecule has 0 unspecified atom stereocenters. The molecule has 6 nitrogen and oxygen atoms in total. The van der Waals surface area contributed by atoms with Gasteiger partial charge in [-0.2, -0.15) is 10.5 Å². The topological polar surface area (TPSA) is 97.0 Å². The Balaban J connectivity index is 2.77. The molecular formula is C12H10N4O2. The molecule has 0 aliphatic carbocycles. The van der Waals surface area contributed by atoms with Crippen molar-refractivity contribution in [1.82, 2.24) is 5.32 Å². The van der Waals surface area contributed by atoms with Gasteiger partial charge >= 0.3 is 11.8 Å². The fourth-order valence-corrected chi connectivity index (χ4v) is 1.22. The average molecular weight is 242 g/mol. The van der Waals surface area contributed by atoms with Gasteiger partial charge in [0.1, 0.15) is 6.54 Å². The van der Waals surface area contributed by atoms with Crippen molar-refractivity contribution in [1.29, 1.82) is 10.5 Å². The van der Waals surface area contributed by atoms with Crippen LogP contribution >= 0.6 is 0 Å². The number of carbonyl (C=O) groups excluding carboxylic acids is 2. The lowest BCUT2D eigenvalue weighted by molar-refractivity contribution is -0.137. The lowest BCUT2D eigenvalue weighted by Gasteiger charge is -2.16. The first-order valence-electron chi connectivity index (χ1n) is 5.03. The largest absolute Gasteiger partial charge is 0.335 e. The molecule has 1 aromatic rings. The summed E-state index contributed by atoms with van der Waals surface area (Å²) in [5.74, 6) is -1.61. The molecule has 0 radical (unpaired) electrons. The van der Waals surface area contributed by atoms with Gasteiger partial charge in [-0.15, -0.1) is 0 Å². The summed E-state index contributed by atoms with van der Waals surface area (Å²) in [6.07, 6.45) is 0. The summed E-state index contributed by atoms with van der Waals surface area (Å²) in [5, 5.41) is 19.1. The second-order valence-electron chi connectivity index (χ2n) is 3.36. The standard InChI is InChI=1S/C12H10N4O2/c1-16(12(18)11(17)15-7-6-13)10-4-2-9(8-14)3-5-10/h2-5H,7H2,1H3,(H,15,17). The van der Waals surface area contributed by atoms with E-state index in [1.807, 2.05) is 6.07 Å². The molecule has 1 rings (SSSR count). The van der Waals surface area contributed by atoms with E-state index in [1.54, 1.807) is 30.3 Å². The van der Waals surface area contributed by atoms with Crippen molar-refractivity contribution < 1.29 is 9.59 Å². The van der Waals surface area contributed by atoms with E-state index >= 15 is 0 Å². The van der Waals surface area contributed by atoms with Gasteiger partial charge < -0.3 is 10.2 Å². The Morgan fingerprint density at radius 2 is 1.89 bits per heavy atom. The minimum Gasteiger partial charge on any atom is -0.335 e. The Kier molecular flexibility index (Phi) is 4.42. The van der Waals surface area contributed by atoms with E-state index in [1.165, 1.54) is 7.05 Å². The maximum absolute atomic E-state index is 11.6. The molecule has 0 saturated carbocycles. The molecule has 0 aromatic heterocycles. The van der Waals surface area contributed by atoms with Crippen LogP contribution < -0.4 is 10.2 Å². The molecule has 0 bridgehead atoms. The molecule has 1 aromatic carbocycles. The van der Waals surface area contributed by atoms with Crippen LogP contribution in [0, 0.1) is 22.7 Å². The number of likely N-dealkylation sites (N-methyl/N-ethyl adjacent to an activating group) is 1. The van der Waals surface area contributed by atoms with Crippen LogP contribution in [0.15, 0.2) is 24.3 Å². The van der Waals surface area contributed by atoms with Gasteiger partial charge in [0.2, 0.25) is 0 Å². The molecule has 0 aliphatic rings. The zero-order chi connectivity index (χ0) is 13.5. The average Bonchev–Trinajstić information content (AvgIpc) is 2.43. The number of hydrogen-bond acceptors (Lipinski definition) is 4. The monoisotopic (exact) mass is 242 g/mol. The predicted octanol–water partition coefficient (Wildman–Crippen LogP) is 0.161. The van der Waals surface area contributed by atoms with E-state index in [2.05, 4.69) is 5.32 Å². The number of carbonyl (C=O) groups is 2. The van der Waals surface area contributed by atoms with Crippen LogP contribution in [0.2, 0.25) is 0 Å². The molecule has 0 fully saturated rings. The molecule has 0 saturated heterocycles. The summed E-state index contributed by atoms with van der Waals surface area (Å²) < 4.78 is 0. The van der Waals surface area contributed by atoms with Gasteiger partial charge in [-0.3, -0.25) is 9.59 Å². The number of nitriles is 2. The van der Waals surface area contributed by atoms with Crippen molar-refractivity contribution in [3.8, 4) is 12.1 Å². The first kappa shape index (κ1) is 13.2. The summed E-state index contributed by atoms with van der Waals surface area (Å²) in [6, 6.07) is 9.89. The van der Waals surface area contributed by atoms with E-state index in [0.29, 0.717) is 11.3 Å². The van der Waals surface area contributed by atoms with Crippen LogP contribution in [-0.4, -0.2) is 25.4 Å². The van der Waals surface area contributed by atoms with Gasteiger partial charge in [-0.05, 0) is 24.3 Å². The highest BCUT2D eigenvalue weighted by molar-refractivity contribution is 6.40. The number of rotatable bonds is 2. The minimum atomic E-state index is -0.844. The van der Waals surface area contributed by atoms with E-state index in [-0.39, 0.29) is 6.54 Å². The Hall–Kier alpha value is -2.86. The van der Waals surface area contributed by atoms with Crippen molar-refractivity contribution in [3.63, 3.8) is 0 Å². The van der Waals surface area contributed by atoms with Gasteiger partial charge in [0.15, 0.2) is 0 Å². The molecule has 0 aliphatic heterocycles. The highest BCUT2D eigenvalue weighted by atomic mass is 16.2. The zero-order valence-electron chi connectivity index (χ0n) is 9.67. The maximum Gasteiger partial charge on any atom is 0.316 e. The smallest absolute Gasteiger partial charge is 0.316 e.